The van der Waals surface area contributed by atoms with Crippen LogP contribution in [0.5, 0.6) is 0 Å². The van der Waals surface area contributed by atoms with E-state index in [1.165, 1.54) is 95.0 Å². The van der Waals surface area contributed by atoms with E-state index in [1.54, 1.807) is 0 Å². The number of fused-ring (bicyclic) bond motifs is 6. The summed E-state index contributed by atoms with van der Waals surface area (Å²) in [6.45, 7) is 4.73. The van der Waals surface area contributed by atoms with Gasteiger partial charge in [-0.3, -0.25) is 0 Å². The lowest BCUT2D eigenvalue weighted by Crippen LogP contribution is -2.62. The molecule has 0 atom stereocenters. The minimum Gasteiger partial charge on any atom is -0.376 e. The number of hydrogen-bond donors (Lipinski definition) is 0. The van der Waals surface area contributed by atoms with E-state index in [9.17, 15) is 0 Å². The zero-order valence-electron chi connectivity index (χ0n) is 30.4. The van der Waals surface area contributed by atoms with E-state index >= 15 is 0 Å². The van der Waals surface area contributed by atoms with Gasteiger partial charge in [0, 0.05) is 33.7 Å². The zero-order valence-corrected chi connectivity index (χ0v) is 30.4. The number of nitrogens with zero attached hydrogens (tertiary/aromatic N) is 2. The van der Waals surface area contributed by atoms with Crippen LogP contribution in [0.4, 0.5) is 28.4 Å². The van der Waals surface area contributed by atoms with Crippen LogP contribution in [0.25, 0.3) is 44.5 Å². The molecule has 8 aromatic rings. The third-order valence-electron chi connectivity index (χ3n) is 12.0. The summed E-state index contributed by atoms with van der Waals surface area (Å²) >= 11 is 0. The van der Waals surface area contributed by atoms with Crippen LogP contribution in [0.2, 0.25) is 0 Å². The molecule has 8 aromatic carbocycles. The molecule has 0 fully saturated rings. The summed E-state index contributed by atoms with van der Waals surface area (Å²) in [4.78, 5) is 5.22. The van der Waals surface area contributed by atoms with Gasteiger partial charge in [0.25, 0.3) is 0 Å². The minimum absolute atomic E-state index is 0.0480. The van der Waals surface area contributed by atoms with Gasteiger partial charge in [-0.05, 0) is 103 Å². The Hall–Kier alpha value is -6.58. The van der Waals surface area contributed by atoms with Crippen LogP contribution in [0.15, 0.2) is 188 Å². The van der Waals surface area contributed by atoms with Crippen molar-refractivity contribution in [2.45, 2.75) is 19.3 Å². The third kappa shape index (κ3) is 4.48. The Bertz CT molecular complexity index is 2750. The third-order valence-corrected chi connectivity index (χ3v) is 12.0. The highest BCUT2D eigenvalue weighted by Gasteiger charge is 2.49. The van der Waals surface area contributed by atoms with E-state index in [0.29, 0.717) is 0 Å². The molecular formula is C51H37BN2. The second-order valence-electron chi connectivity index (χ2n) is 15.3. The molecule has 0 N–H and O–H groups in total. The molecule has 0 saturated heterocycles. The van der Waals surface area contributed by atoms with Gasteiger partial charge in [0.05, 0.1) is 5.69 Å². The number of hydrogen-bond acceptors (Lipinski definition) is 2. The molecule has 54 heavy (non-hydrogen) atoms. The largest absolute Gasteiger partial charge is 0.376 e. The van der Waals surface area contributed by atoms with Crippen molar-refractivity contribution < 1.29 is 0 Å². The number of para-hydroxylation sites is 2. The average molecular weight is 689 g/mol. The predicted octanol–water partition coefficient (Wildman–Crippen LogP) is 12.0. The van der Waals surface area contributed by atoms with Gasteiger partial charge >= 0.3 is 6.85 Å². The monoisotopic (exact) mass is 688 g/mol. The van der Waals surface area contributed by atoms with E-state index in [2.05, 4.69) is 212 Å². The van der Waals surface area contributed by atoms with Crippen molar-refractivity contribution in [1.29, 1.82) is 0 Å². The lowest BCUT2D eigenvalue weighted by Gasteiger charge is -2.50. The van der Waals surface area contributed by atoms with Crippen molar-refractivity contribution >= 4 is 46.2 Å². The first-order chi connectivity index (χ1) is 26.6. The van der Waals surface area contributed by atoms with E-state index in [-0.39, 0.29) is 12.3 Å². The van der Waals surface area contributed by atoms with Gasteiger partial charge in [0.1, 0.15) is 0 Å². The van der Waals surface area contributed by atoms with Crippen LogP contribution < -0.4 is 20.6 Å². The van der Waals surface area contributed by atoms with Gasteiger partial charge in [-0.2, -0.15) is 0 Å². The lowest BCUT2D eigenvalue weighted by molar-refractivity contribution is 0.632. The summed E-state index contributed by atoms with van der Waals surface area (Å²) < 4.78 is 0. The fraction of sp³-hybridized carbons (Fsp3) is 0.0588. The Morgan fingerprint density at radius 3 is 1.70 bits per heavy atom. The summed E-state index contributed by atoms with van der Waals surface area (Å²) in [5, 5.41) is 0. The molecule has 0 radical (unpaired) electrons. The molecule has 0 amide bonds. The Morgan fingerprint density at radius 2 is 0.981 bits per heavy atom. The van der Waals surface area contributed by atoms with Crippen LogP contribution in [-0.4, -0.2) is 6.85 Å². The Balaban J connectivity index is 1.26. The second-order valence-corrected chi connectivity index (χ2v) is 15.3. The maximum absolute atomic E-state index is 2.63. The van der Waals surface area contributed by atoms with Crippen molar-refractivity contribution in [3.8, 4) is 44.5 Å². The first-order valence-corrected chi connectivity index (χ1v) is 19.0. The van der Waals surface area contributed by atoms with Crippen molar-refractivity contribution in [2.24, 2.45) is 0 Å². The quantitative estimate of drug-likeness (QED) is 0.170. The van der Waals surface area contributed by atoms with Crippen LogP contribution in [-0.2, 0) is 5.41 Å². The molecule has 0 aliphatic carbocycles. The highest BCUT2D eigenvalue weighted by Crippen LogP contribution is 2.55. The maximum Gasteiger partial charge on any atom is 0.333 e. The number of rotatable bonds is 4. The molecule has 0 spiro atoms. The summed E-state index contributed by atoms with van der Waals surface area (Å²) in [7, 11) is 0. The van der Waals surface area contributed by atoms with Crippen LogP contribution in [0.1, 0.15) is 25.0 Å². The summed E-state index contributed by atoms with van der Waals surface area (Å²) in [6, 6.07) is 69.7. The minimum atomic E-state index is -0.176. The molecule has 3 aliphatic rings. The predicted molar refractivity (Wildman–Crippen MR) is 229 cm³/mol. The van der Waals surface area contributed by atoms with Crippen LogP contribution in [0, 0.1) is 0 Å². The van der Waals surface area contributed by atoms with Crippen molar-refractivity contribution in [3.63, 3.8) is 0 Å². The maximum atomic E-state index is 2.63. The molecular weight excluding hydrogens is 651 g/mol. The average Bonchev–Trinajstić information content (AvgIpc) is 3.24. The molecule has 0 aromatic heterocycles. The molecule has 0 unspecified atom stereocenters. The van der Waals surface area contributed by atoms with Gasteiger partial charge < -0.3 is 9.71 Å². The molecule has 254 valence electrons. The summed E-state index contributed by atoms with van der Waals surface area (Å²) in [5.74, 6) is 0. The Kier molecular flexibility index (Phi) is 6.72. The van der Waals surface area contributed by atoms with E-state index in [0.717, 1.165) is 0 Å². The summed E-state index contributed by atoms with van der Waals surface area (Å²) in [6.07, 6.45) is 0. The van der Waals surface area contributed by atoms with Crippen LogP contribution in [0.3, 0.4) is 0 Å². The fourth-order valence-corrected chi connectivity index (χ4v) is 9.47. The number of benzene rings is 8. The number of anilines is 5. The molecule has 0 saturated carbocycles. The van der Waals surface area contributed by atoms with Gasteiger partial charge in [-0.1, -0.05) is 159 Å². The van der Waals surface area contributed by atoms with Crippen molar-refractivity contribution in [2.75, 3.05) is 9.71 Å². The molecule has 3 heterocycles. The van der Waals surface area contributed by atoms with E-state index < -0.39 is 0 Å². The first-order valence-electron chi connectivity index (χ1n) is 19.0. The fourth-order valence-electron chi connectivity index (χ4n) is 9.47. The van der Waals surface area contributed by atoms with Gasteiger partial charge in [0.15, 0.2) is 0 Å². The van der Waals surface area contributed by atoms with E-state index in [4.69, 9.17) is 0 Å². The lowest BCUT2D eigenvalue weighted by atomic mass is 9.42. The van der Waals surface area contributed by atoms with Gasteiger partial charge in [-0.25, -0.2) is 0 Å². The highest BCUT2D eigenvalue weighted by atomic mass is 15.2. The SMILES string of the molecule is CC1(C)c2ccccc2N2c3cc(-c4ccccc4)cc4c3B(c3cccc1c32)N(c1cccc(-c2ccccc2)c1)c1ccc(-c2ccccc2)cc1-4. The molecule has 2 nitrogen and oxygen atoms in total. The normalized spacial score (nSPS) is 14.1. The summed E-state index contributed by atoms with van der Waals surface area (Å²) in [5.41, 5.74) is 21.3. The highest BCUT2D eigenvalue weighted by molar-refractivity contribution is 6.93. The van der Waals surface area contributed by atoms with Gasteiger partial charge in [-0.15, -0.1) is 0 Å². The topological polar surface area (TPSA) is 6.48 Å². The van der Waals surface area contributed by atoms with Crippen molar-refractivity contribution in [3.05, 3.63) is 199 Å². The molecule has 11 rings (SSSR count). The molecule has 3 heteroatoms. The van der Waals surface area contributed by atoms with E-state index in [1.807, 2.05) is 0 Å². The van der Waals surface area contributed by atoms with Crippen molar-refractivity contribution in [1.82, 2.24) is 0 Å². The zero-order chi connectivity index (χ0) is 36.0. The van der Waals surface area contributed by atoms with Crippen LogP contribution >= 0.6 is 0 Å². The Labute approximate surface area is 317 Å². The standard InChI is InChI=1S/C51H37BN2/c1-51(2)43-24-12-13-27-47(43)53-48-33-39(36-20-10-5-11-21-36)32-42-41-31-38(35-18-8-4-9-19-35)28-29-46(41)54(52(49(42)48)45-26-15-25-44(51)50(45)53)40-23-14-22-37(30-40)34-16-6-3-7-17-34/h3-33H,1-2H3. The molecule has 0 bridgehead atoms. The van der Waals surface area contributed by atoms with Gasteiger partial charge in [0.2, 0.25) is 0 Å². The smallest absolute Gasteiger partial charge is 0.333 e. The molecule has 3 aliphatic heterocycles. The Morgan fingerprint density at radius 1 is 0.407 bits per heavy atom. The first kappa shape index (κ1) is 31.0. The second kappa shape index (κ2) is 11.7.